The highest BCUT2D eigenvalue weighted by atomic mass is 79.9. The third kappa shape index (κ3) is 4.47. The quantitative estimate of drug-likeness (QED) is 0.278. The van der Waals surface area contributed by atoms with Gasteiger partial charge in [-0.2, -0.15) is 0 Å². The number of hydrogen-bond donors (Lipinski definition) is 0. The first-order chi connectivity index (χ1) is 15.8. The molecule has 0 radical (unpaired) electrons. The largest absolute Gasteiger partial charge is 0.493 e. The van der Waals surface area contributed by atoms with Gasteiger partial charge in [-0.1, -0.05) is 27.5 Å². The van der Waals surface area contributed by atoms with E-state index in [1.54, 1.807) is 55.5 Å². The second kappa shape index (κ2) is 9.29. The van der Waals surface area contributed by atoms with Gasteiger partial charge in [0.25, 0.3) is 0 Å². The summed E-state index contributed by atoms with van der Waals surface area (Å²) in [6.07, 6.45) is 0. The number of halogens is 2. The van der Waals surface area contributed by atoms with Gasteiger partial charge < -0.3 is 18.6 Å². The second-order valence-corrected chi connectivity index (χ2v) is 8.48. The summed E-state index contributed by atoms with van der Waals surface area (Å²) in [5.41, 5.74) is 1.28. The van der Waals surface area contributed by atoms with Crippen LogP contribution in [0.1, 0.15) is 15.9 Å². The number of hydrogen-bond acceptors (Lipinski definition) is 6. The number of ether oxygens (including phenoxy) is 3. The van der Waals surface area contributed by atoms with E-state index in [1.807, 2.05) is 0 Å². The van der Waals surface area contributed by atoms with Gasteiger partial charge in [-0.3, -0.25) is 4.79 Å². The van der Waals surface area contributed by atoms with E-state index in [2.05, 4.69) is 15.9 Å². The fraction of sp³-hybridized carbons (Fsp3) is 0.120. The van der Waals surface area contributed by atoms with Crippen LogP contribution in [-0.2, 0) is 0 Å². The molecule has 0 atom stereocenters. The monoisotopic (exact) mass is 528 g/mol. The van der Waals surface area contributed by atoms with E-state index in [1.165, 1.54) is 20.3 Å². The Kier molecular flexibility index (Phi) is 6.44. The Bertz CT molecular complexity index is 1430. The molecular weight excluding hydrogens is 512 g/mol. The molecule has 0 aliphatic heterocycles. The molecule has 0 aliphatic rings. The lowest BCUT2D eigenvalue weighted by Crippen LogP contribution is -2.16. The van der Waals surface area contributed by atoms with Crippen LogP contribution >= 0.6 is 27.5 Å². The standard InChI is InChI=1S/C25H18BrClO6/c1-13-10-20-17(12-18(13)27)22(28)24(33-25(29)14-4-7-16(26)8-5-14)23(32-20)15-6-9-19(30-2)21(11-15)31-3/h4-12H,1-3H3. The number of esters is 1. The van der Waals surface area contributed by atoms with Crippen LogP contribution in [0, 0.1) is 6.92 Å². The smallest absolute Gasteiger partial charge is 0.343 e. The maximum absolute atomic E-state index is 13.4. The van der Waals surface area contributed by atoms with E-state index in [4.69, 9.17) is 30.2 Å². The molecule has 0 amide bonds. The molecule has 8 heteroatoms. The zero-order valence-corrected chi connectivity index (χ0v) is 20.2. The zero-order chi connectivity index (χ0) is 23.7. The van der Waals surface area contributed by atoms with E-state index in [0.717, 1.165) is 10.0 Å². The Balaban J connectivity index is 1.94. The third-order valence-corrected chi connectivity index (χ3v) is 5.99. The number of rotatable bonds is 5. The summed E-state index contributed by atoms with van der Waals surface area (Å²) in [5, 5.41) is 0.604. The minimum atomic E-state index is -0.700. The molecule has 33 heavy (non-hydrogen) atoms. The highest BCUT2D eigenvalue weighted by Gasteiger charge is 2.23. The van der Waals surface area contributed by atoms with E-state index in [0.29, 0.717) is 27.7 Å². The molecule has 6 nitrogen and oxygen atoms in total. The number of fused-ring (bicyclic) bond motifs is 1. The highest BCUT2D eigenvalue weighted by Crippen LogP contribution is 2.37. The Hall–Kier alpha value is -3.29. The lowest BCUT2D eigenvalue weighted by Gasteiger charge is -2.13. The summed E-state index contributed by atoms with van der Waals surface area (Å²) in [7, 11) is 3.02. The average molecular weight is 530 g/mol. The molecule has 0 saturated heterocycles. The fourth-order valence-electron chi connectivity index (χ4n) is 3.30. The average Bonchev–Trinajstić information content (AvgIpc) is 2.82. The fourth-order valence-corrected chi connectivity index (χ4v) is 3.72. The SMILES string of the molecule is COc1ccc(-c2oc3cc(C)c(Cl)cc3c(=O)c2OC(=O)c2ccc(Br)cc2)cc1OC. The van der Waals surface area contributed by atoms with Gasteiger partial charge in [0.1, 0.15) is 5.58 Å². The summed E-state index contributed by atoms with van der Waals surface area (Å²) >= 11 is 9.56. The Morgan fingerprint density at radius 2 is 1.67 bits per heavy atom. The van der Waals surface area contributed by atoms with Crippen molar-refractivity contribution in [2.45, 2.75) is 6.92 Å². The molecule has 4 rings (SSSR count). The Labute approximate surface area is 202 Å². The summed E-state index contributed by atoms with van der Waals surface area (Å²) < 4.78 is 23.1. The maximum atomic E-state index is 13.4. The molecule has 0 fully saturated rings. The number of carbonyl (C=O) groups is 1. The van der Waals surface area contributed by atoms with Crippen molar-refractivity contribution >= 4 is 44.5 Å². The van der Waals surface area contributed by atoms with Crippen LogP contribution in [0.3, 0.4) is 0 Å². The molecule has 3 aromatic carbocycles. The number of benzene rings is 3. The van der Waals surface area contributed by atoms with Gasteiger partial charge in [-0.15, -0.1) is 0 Å². The van der Waals surface area contributed by atoms with Crippen molar-refractivity contribution < 1.29 is 23.4 Å². The Morgan fingerprint density at radius 1 is 0.970 bits per heavy atom. The molecule has 1 heterocycles. The van der Waals surface area contributed by atoms with Crippen LogP contribution in [-0.4, -0.2) is 20.2 Å². The minimum absolute atomic E-state index is 0.0839. The molecule has 0 spiro atoms. The van der Waals surface area contributed by atoms with Crippen molar-refractivity contribution in [3.63, 3.8) is 0 Å². The van der Waals surface area contributed by atoms with Crippen molar-refractivity contribution in [1.29, 1.82) is 0 Å². The number of aryl methyl sites for hydroxylation is 1. The second-order valence-electron chi connectivity index (χ2n) is 7.15. The van der Waals surface area contributed by atoms with Crippen LogP contribution in [0.4, 0.5) is 0 Å². The van der Waals surface area contributed by atoms with Crippen LogP contribution in [0.15, 0.2) is 68.3 Å². The maximum Gasteiger partial charge on any atom is 0.343 e. The Morgan fingerprint density at radius 3 is 2.33 bits per heavy atom. The van der Waals surface area contributed by atoms with Gasteiger partial charge in [-0.25, -0.2) is 4.79 Å². The predicted molar refractivity (Wildman–Crippen MR) is 130 cm³/mol. The summed E-state index contributed by atoms with van der Waals surface area (Å²) in [4.78, 5) is 26.3. The van der Waals surface area contributed by atoms with Gasteiger partial charge in [0, 0.05) is 15.1 Å². The first-order valence-corrected chi connectivity index (χ1v) is 11.0. The summed E-state index contributed by atoms with van der Waals surface area (Å²) in [6, 6.07) is 14.8. The van der Waals surface area contributed by atoms with Crippen molar-refractivity contribution in [1.82, 2.24) is 0 Å². The number of carbonyl (C=O) groups excluding carboxylic acids is 1. The van der Waals surface area contributed by atoms with Crippen molar-refractivity contribution in [2.75, 3.05) is 14.2 Å². The van der Waals surface area contributed by atoms with Crippen molar-refractivity contribution in [3.05, 3.63) is 85.4 Å². The molecule has 4 aromatic rings. The number of methoxy groups -OCH3 is 2. The van der Waals surface area contributed by atoms with Crippen molar-refractivity contribution in [2.24, 2.45) is 0 Å². The minimum Gasteiger partial charge on any atom is -0.493 e. The van der Waals surface area contributed by atoms with Crippen LogP contribution in [0.5, 0.6) is 17.2 Å². The highest BCUT2D eigenvalue weighted by molar-refractivity contribution is 9.10. The van der Waals surface area contributed by atoms with Gasteiger partial charge in [0.2, 0.25) is 11.2 Å². The zero-order valence-electron chi connectivity index (χ0n) is 17.9. The van der Waals surface area contributed by atoms with Crippen LogP contribution in [0.25, 0.3) is 22.3 Å². The molecule has 0 unspecified atom stereocenters. The van der Waals surface area contributed by atoms with Crippen LogP contribution < -0.4 is 19.6 Å². The molecule has 168 valence electrons. The first kappa shape index (κ1) is 22.9. The van der Waals surface area contributed by atoms with Gasteiger partial charge in [0.05, 0.1) is 25.2 Å². The van der Waals surface area contributed by atoms with Gasteiger partial charge in [-0.05, 0) is 67.1 Å². The summed E-state index contributed by atoms with van der Waals surface area (Å²) in [6.45, 7) is 1.80. The lowest BCUT2D eigenvalue weighted by molar-refractivity contribution is 0.0731. The van der Waals surface area contributed by atoms with E-state index < -0.39 is 11.4 Å². The third-order valence-electron chi connectivity index (χ3n) is 5.05. The topological polar surface area (TPSA) is 75.0 Å². The van der Waals surface area contributed by atoms with Crippen molar-refractivity contribution in [3.8, 4) is 28.6 Å². The molecule has 1 aromatic heterocycles. The van der Waals surface area contributed by atoms with E-state index in [-0.39, 0.29) is 22.5 Å². The van der Waals surface area contributed by atoms with Gasteiger partial charge in [0.15, 0.2) is 17.3 Å². The molecule has 0 saturated carbocycles. The first-order valence-electron chi connectivity index (χ1n) is 9.79. The van der Waals surface area contributed by atoms with Crippen LogP contribution in [0.2, 0.25) is 5.02 Å². The van der Waals surface area contributed by atoms with Gasteiger partial charge >= 0.3 is 5.97 Å². The summed E-state index contributed by atoms with van der Waals surface area (Å²) in [5.74, 6) is 0.0629. The molecule has 0 bridgehead atoms. The molecule has 0 aliphatic carbocycles. The molecular formula is C25H18BrClO6. The van der Waals surface area contributed by atoms with E-state index in [9.17, 15) is 9.59 Å². The normalized spacial score (nSPS) is 10.8. The lowest BCUT2D eigenvalue weighted by atomic mass is 10.1. The molecule has 0 N–H and O–H groups in total. The predicted octanol–water partition coefficient (Wildman–Crippen LogP) is 6.42. The van der Waals surface area contributed by atoms with E-state index >= 15 is 0 Å².